The van der Waals surface area contributed by atoms with E-state index in [2.05, 4.69) is 5.32 Å². The van der Waals surface area contributed by atoms with Gasteiger partial charge in [-0.25, -0.2) is 0 Å². The first kappa shape index (κ1) is 19.1. The van der Waals surface area contributed by atoms with Gasteiger partial charge in [-0.05, 0) is 25.5 Å². The number of hydrogen-bond donors (Lipinski definition) is 1. The maximum absolute atomic E-state index is 12.4. The van der Waals surface area contributed by atoms with Crippen molar-refractivity contribution in [3.8, 4) is 5.75 Å². The van der Waals surface area contributed by atoms with Gasteiger partial charge >= 0.3 is 6.18 Å². The molecule has 0 unspecified atom stereocenters. The third-order valence-corrected chi connectivity index (χ3v) is 4.41. The van der Waals surface area contributed by atoms with Gasteiger partial charge in [0.05, 0.1) is 11.6 Å². The van der Waals surface area contributed by atoms with Crippen LogP contribution in [0.5, 0.6) is 5.75 Å². The van der Waals surface area contributed by atoms with Crippen molar-refractivity contribution in [2.75, 3.05) is 19.6 Å². The second kappa shape index (κ2) is 7.80. The summed E-state index contributed by atoms with van der Waals surface area (Å²) in [6.45, 7) is 1.02. The average molecular weight is 385 g/mol. The van der Waals surface area contributed by atoms with Crippen LogP contribution in [-0.4, -0.2) is 48.8 Å². The summed E-state index contributed by atoms with van der Waals surface area (Å²) in [6, 6.07) is 4.48. The van der Waals surface area contributed by atoms with E-state index in [0.29, 0.717) is 18.0 Å². The number of likely N-dealkylation sites (tertiary alicyclic amines) is 1. The molecule has 2 atom stereocenters. The molecule has 0 saturated carbocycles. The number of benzene rings is 1. The van der Waals surface area contributed by atoms with E-state index < -0.39 is 24.7 Å². The van der Waals surface area contributed by atoms with Crippen LogP contribution in [0.2, 0.25) is 10.0 Å². The number of carbonyl (C=O) groups is 1. The van der Waals surface area contributed by atoms with Crippen molar-refractivity contribution in [3.05, 3.63) is 28.2 Å². The molecule has 1 aromatic rings. The van der Waals surface area contributed by atoms with Gasteiger partial charge in [0.25, 0.3) is 5.91 Å². The molecule has 1 aliphatic heterocycles. The van der Waals surface area contributed by atoms with E-state index in [4.69, 9.17) is 27.9 Å². The van der Waals surface area contributed by atoms with Crippen LogP contribution in [0.1, 0.15) is 13.3 Å². The van der Waals surface area contributed by atoms with Crippen molar-refractivity contribution in [2.45, 2.75) is 31.7 Å². The summed E-state index contributed by atoms with van der Waals surface area (Å²) < 4.78 is 42.6. The van der Waals surface area contributed by atoms with E-state index in [0.717, 1.165) is 0 Å². The molecule has 0 aliphatic carbocycles. The van der Waals surface area contributed by atoms with E-state index in [1.54, 1.807) is 18.2 Å². The van der Waals surface area contributed by atoms with Crippen LogP contribution in [0, 0.1) is 0 Å². The predicted molar refractivity (Wildman–Crippen MR) is 85.6 cm³/mol. The fourth-order valence-electron chi connectivity index (χ4n) is 2.49. The van der Waals surface area contributed by atoms with Gasteiger partial charge < -0.3 is 10.1 Å². The lowest BCUT2D eigenvalue weighted by atomic mass is 10.2. The maximum atomic E-state index is 12.4. The Morgan fingerprint density at radius 1 is 1.46 bits per heavy atom. The molecule has 134 valence electrons. The van der Waals surface area contributed by atoms with Gasteiger partial charge in [-0.1, -0.05) is 29.3 Å². The third kappa shape index (κ3) is 5.43. The van der Waals surface area contributed by atoms with Crippen molar-refractivity contribution >= 4 is 29.1 Å². The van der Waals surface area contributed by atoms with E-state index in [9.17, 15) is 18.0 Å². The quantitative estimate of drug-likeness (QED) is 0.844. The number of nitrogens with one attached hydrogen (secondary N) is 1. The topological polar surface area (TPSA) is 41.6 Å². The van der Waals surface area contributed by atoms with Crippen molar-refractivity contribution in [1.29, 1.82) is 0 Å². The van der Waals surface area contributed by atoms with Gasteiger partial charge in [0.1, 0.15) is 10.8 Å². The van der Waals surface area contributed by atoms with Crippen LogP contribution in [0.3, 0.4) is 0 Å². The highest BCUT2D eigenvalue weighted by Crippen LogP contribution is 2.32. The first-order chi connectivity index (χ1) is 11.2. The molecular formula is C15H17Cl2F3N2O2. The summed E-state index contributed by atoms with van der Waals surface area (Å²) in [5.41, 5.74) is 0. The molecule has 1 heterocycles. The fraction of sp³-hybridized carbons (Fsp3) is 0.533. The number of carbonyl (C=O) groups excluding carboxylic acids is 1. The van der Waals surface area contributed by atoms with Crippen molar-refractivity contribution < 1.29 is 22.7 Å². The maximum Gasteiger partial charge on any atom is 0.401 e. The summed E-state index contributed by atoms with van der Waals surface area (Å²) >= 11 is 11.9. The normalized spacial score (nSPS) is 20.0. The van der Waals surface area contributed by atoms with Gasteiger partial charge in [0.2, 0.25) is 0 Å². The number of alkyl halides is 3. The summed E-state index contributed by atoms with van der Waals surface area (Å²) in [4.78, 5) is 13.4. The molecule has 24 heavy (non-hydrogen) atoms. The molecule has 0 aromatic heterocycles. The molecule has 1 amide bonds. The summed E-state index contributed by atoms with van der Waals surface area (Å²) in [5.74, 6) is -0.137. The van der Waals surface area contributed by atoms with Crippen molar-refractivity contribution in [1.82, 2.24) is 10.2 Å². The Morgan fingerprint density at radius 2 is 2.17 bits per heavy atom. The average Bonchev–Trinajstić information content (AvgIpc) is 2.88. The van der Waals surface area contributed by atoms with Gasteiger partial charge in [-0.2, -0.15) is 13.2 Å². The highest BCUT2D eigenvalue weighted by atomic mass is 35.5. The first-order valence-electron chi connectivity index (χ1n) is 7.36. The first-order valence-corrected chi connectivity index (χ1v) is 8.11. The third-order valence-electron chi connectivity index (χ3n) is 3.61. The molecule has 9 heteroatoms. The van der Waals surface area contributed by atoms with Crippen molar-refractivity contribution in [2.24, 2.45) is 0 Å². The second-order valence-electron chi connectivity index (χ2n) is 5.66. The molecule has 1 aliphatic rings. The Hall–Kier alpha value is -1.18. The summed E-state index contributed by atoms with van der Waals surface area (Å²) in [6.07, 6.45) is -4.62. The zero-order valence-electron chi connectivity index (χ0n) is 12.9. The molecule has 2 rings (SSSR count). The lowest BCUT2D eigenvalue weighted by Crippen LogP contribution is -2.44. The fourth-order valence-corrected chi connectivity index (χ4v) is 2.82. The Bertz CT molecular complexity index is 599. The number of rotatable bonds is 5. The van der Waals surface area contributed by atoms with Crippen LogP contribution < -0.4 is 10.1 Å². The Kier molecular flexibility index (Phi) is 6.22. The molecule has 1 N–H and O–H groups in total. The molecule has 1 fully saturated rings. The number of nitrogens with zero attached hydrogens (tertiary/aromatic N) is 1. The minimum absolute atomic E-state index is 0.163. The standard InChI is InChI=1S/C15H17Cl2F3N2O2/c1-9(24-12-4-2-3-11(16)13(12)17)14(23)21-10-5-6-22(7-10)8-15(18,19)20/h2-4,9-10H,5-8H2,1H3,(H,21,23)/t9-,10-/m0/s1. The second-order valence-corrected chi connectivity index (χ2v) is 6.44. The molecule has 0 bridgehead atoms. The lowest BCUT2D eigenvalue weighted by molar-refractivity contribution is -0.143. The zero-order valence-corrected chi connectivity index (χ0v) is 14.4. The van der Waals surface area contributed by atoms with E-state index in [-0.39, 0.29) is 23.4 Å². The monoisotopic (exact) mass is 384 g/mol. The molecule has 4 nitrogen and oxygen atoms in total. The molecule has 1 aromatic carbocycles. The highest BCUT2D eigenvalue weighted by Gasteiger charge is 2.35. The molecule has 1 saturated heterocycles. The smallest absolute Gasteiger partial charge is 0.401 e. The highest BCUT2D eigenvalue weighted by molar-refractivity contribution is 6.42. The minimum Gasteiger partial charge on any atom is -0.479 e. The van der Waals surface area contributed by atoms with E-state index in [1.165, 1.54) is 11.8 Å². The van der Waals surface area contributed by atoms with Gasteiger partial charge in [0, 0.05) is 19.1 Å². The van der Waals surface area contributed by atoms with Gasteiger partial charge in [-0.3, -0.25) is 9.69 Å². The van der Waals surface area contributed by atoms with Crippen molar-refractivity contribution in [3.63, 3.8) is 0 Å². The SMILES string of the molecule is C[C@H](Oc1cccc(Cl)c1Cl)C(=O)N[C@H]1CCN(CC(F)(F)F)C1. The van der Waals surface area contributed by atoms with Crippen LogP contribution in [0.4, 0.5) is 13.2 Å². The largest absolute Gasteiger partial charge is 0.479 e. The number of ether oxygens (including phenoxy) is 1. The van der Waals surface area contributed by atoms with Gasteiger partial charge in [0.15, 0.2) is 6.10 Å². The van der Waals surface area contributed by atoms with Crippen LogP contribution in [0.25, 0.3) is 0 Å². The zero-order chi connectivity index (χ0) is 17.9. The summed E-state index contributed by atoms with van der Waals surface area (Å²) in [7, 11) is 0. The van der Waals surface area contributed by atoms with E-state index in [1.807, 2.05) is 0 Å². The summed E-state index contributed by atoms with van der Waals surface area (Å²) in [5, 5.41) is 3.21. The minimum atomic E-state index is -4.24. The van der Waals surface area contributed by atoms with Crippen LogP contribution >= 0.6 is 23.2 Å². The molecule has 0 radical (unpaired) electrons. The predicted octanol–water partition coefficient (Wildman–Crippen LogP) is 3.51. The Morgan fingerprint density at radius 3 is 2.83 bits per heavy atom. The Balaban J connectivity index is 1.85. The number of amides is 1. The van der Waals surface area contributed by atoms with Gasteiger partial charge in [-0.15, -0.1) is 0 Å². The lowest BCUT2D eigenvalue weighted by Gasteiger charge is -2.20. The van der Waals surface area contributed by atoms with E-state index >= 15 is 0 Å². The molecular weight excluding hydrogens is 368 g/mol. The number of hydrogen-bond acceptors (Lipinski definition) is 3. The molecule has 0 spiro atoms. The van der Waals surface area contributed by atoms with Crippen LogP contribution in [-0.2, 0) is 4.79 Å². The van der Waals surface area contributed by atoms with Crippen LogP contribution in [0.15, 0.2) is 18.2 Å². The number of halogens is 5. The Labute approximate surface area is 147 Å².